The molecule has 1 aliphatic rings. The van der Waals surface area contributed by atoms with E-state index in [-0.39, 0.29) is 30.3 Å². The average molecular weight is 439 g/mol. The van der Waals surface area contributed by atoms with Crippen molar-refractivity contribution < 1.29 is 24.6 Å². The summed E-state index contributed by atoms with van der Waals surface area (Å²) >= 11 is 0. The summed E-state index contributed by atoms with van der Waals surface area (Å²) in [5.41, 5.74) is 15.7. The standard InChI is InChI=1S/C22H25N5O5/c1-11(10-14-6-7-15-18(14)19(23)27-22(24)26-15)12-2-4-13(5-3-12)20(30)25-16(21(31)32)8-9-17(28)29/h2-5,10-11,16H,6-9H2,1H3,(H,25,30)(H,28,29)(H,31,32)(H4,23,24,26,27)/t11?,16-/m0/s1. The third-order valence-corrected chi connectivity index (χ3v) is 5.38. The van der Waals surface area contributed by atoms with Gasteiger partial charge in [0.2, 0.25) is 5.95 Å². The minimum Gasteiger partial charge on any atom is -0.481 e. The number of nitrogens with two attached hydrogens (primary N) is 2. The molecule has 2 aromatic rings. The summed E-state index contributed by atoms with van der Waals surface area (Å²) in [4.78, 5) is 42.7. The van der Waals surface area contributed by atoms with E-state index in [9.17, 15) is 19.5 Å². The van der Waals surface area contributed by atoms with Crippen molar-refractivity contribution in [3.8, 4) is 0 Å². The van der Waals surface area contributed by atoms with E-state index in [0.29, 0.717) is 5.82 Å². The molecule has 0 saturated heterocycles. The first kappa shape index (κ1) is 22.7. The number of carbonyl (C=O) groups is 3. The highest BCUT2D eigenvalue weighted by Crippen LogP contribution is 2.36. The summed E-state index contributed by atoms with van der Waals surface area (Å²) in [6.45, 7) is 2.01. The van der Waals surface area contributed by atoms with Crippen molar-refractivity contribution in [2.75, 3.05) is 11.5 Å². The number of aryl methyl sites for hydroxylation is 1. The number of carbonyl (C=O) groups excluding carboxylic acids is 1. The van der Waals surface area contributed by atoms with Crippen LogP contribution in [-0.4, -0.2) is 44.1 Å². The van der Waals surface area contributed by atoms with Gasteiger partial charge < -0.3 is 27.0 Å². The highest BCUT2D eigenvalue weighted by atomic mass is 16.4. The maximum Gasteiger partial charge on any atom is 0.326 e. The summed E-state index contributed by atoms with van der Waals surface area (Å²) in [5, 5.41) is 20.3. The molecule has 0 bridgehead atoms. The van der Waals surface area contributed by atoms with Crippen LogP contribution in [0.5, 0.6) is 0 Å². The maximum atomic E-state index is 12.4. The number of hydrogen-bond acceptors (Lipinski definition) is 7. The van der Waals surface area contributed by atoms with Crippen molar-refractivity contribution in [3.05, 3.63) is 52.7 Å². The van der Waals surface area contributed by atoms with Gasteiger partial charge in [0, 0.05) is 17.5 Å². The zero-order valence-electron chi connectivity index (χ0n) is 17.5. The van der Waals surface area contributed by atoms with Gasteiger partial charge >= 0.3 is 11.9 Å². The molecule has 1 unspecified atom stereocenters. The molecule has 168 valence electrons. The quantitative estimate of drug-likeness (QED) is 0.409. The van der Waals surface area contributed by atoms with Crippen molar-refractivity contribution in [1.82, 2.24) is 15.3 Å². The van der Waals surface area contributed by atoms with Gasteiger partial charge in [0.15, 0.2) is 0 Å². The minimum atomic E-state index is -1.28. The number of fused-ring (bicyclic) bond motifs is 1. The molecule has 1 heterocycles. The van der Waals surface area contributed by atoms with E-state index in [1.165, 1.54) is 0 Å². The number of nitrogens with one attached hydrogen (secondary N) is 1. The van der Waals surface area contributed by atoms with E-state index in [1.807, 2.05) is 6.92 Å². The topological polar surface area (TPSA) is 182 Å². The van der Waals surface area contributed by atoms with Gasteiger partial charge in [-0.3, -0.25) is 9.59 Å². The predicted octanol–water partition coefficient (Wildman–Crippen LogP) is 1.82. The summed E-state index contributed by atoms with van der Waals surface area (Å²) in [5.74, 6) is -2.43. The highest BCUT2D eigenvalue weighted by Gasteiger charge is 2.24. The fourth-order valence-corrected chi connectivity index (χ4v) is 3.72. The largest absolute Gasteiger partial charge is 0.481 e. The molecule has 0 fully saturated rings. The molecule has 7 N–H and O–H groups in total. The Kier molecular flexibility index (Phi) is 6.72. The van der Waals surface area contributed by atoms with Crippen LogP contribution in [0.2, 0.25) is 0 Å². The summed E-state index contributed by atoms with van der Waals surface area (Å²) < 4.78 is 0. The number of benzene rings is 1. The molecule has 0 spiro atoms. The minimum absolute atomic E-state index is 0.0207. The number of amides is 1. The second-order valence-corrected chi connectivity index (χ2v) is 7.69. The Balaban J connectivity index is 1.71. The fraction of sp³-hybridized carbons (Fsp3) is 0.318. The number of carboxylic acid groups (broad SMARTS) is 2. The van der Waals surface area contributed by atoms with Gasteiger partial charge in [0.1, 0.15) is 11.9 Å². The molecule has 0 saturated carbocycles. The first-order valence-electron chi connectivity index (χ1n) is 10.1. The molecule has 2 atom stereocenters. The van der Waals surface area contributed by atoms with Gasteiger partial charge in [-0.15, -0.1) is 0 Å². The van der Waals surface area contributed by atoms with E-state index in [4.69, 9.17) is 16.6 Å². The number of carboxylic acids is 2. The van der Waals surface area contributed by atoms with E-state index < -0.39 is 23.9 Å². The van der Waals surface area contributed by atoms with Gasteiger partial charge in [-0.25, -0.2) is 9.78 Å². The highest BCUT2D eigenvalue weighted by molar-refractivity contribution is 5.96. The van der Waals surface area contributed by atoms with Crippen LogP contribution < -0.4 is 16.8 Å². The van der Waals surface area contributed by atoms with Crippen LogP contribution in [0.4, 0.5) is 11.8 Å². The second kappa shape index (κ2) is 9.46. The molecule has 10 nitrogen and oxygen atoms in total. The third-order valence-electron chi connectivity index (χ3n) is 5.38. The van der Waals surface area contributed by atoms with Crippen LogP contribution in [0.1, 0.15) is 59.3 Å². The first-order chi connectivity index (χ1) is 15.2. The third kappa shape index (κ3) is 5.20. The van der Waals surface area contributed by atoms with Crippen LogP contribution in [0.15, 0.2) is 30.3 Å². The number of nitrogen functional groups attached to an aromatic ring is 2. The molecular weight excluding hydrogens is 414 g/mol. The zero-order chi connectivity index (χ0) is 23.4. The predicted molar refractivity (Wildman–Crippen MR) is 118 cm³/mol. The van der Waals surface area contributed by atoms with Crippen LogP contribution >= 0.6 is 0 Å². The zero-order valence-corrected chi connectivity index (χ0v) is 17.5. The lowest BCUT2D eigenvalue weighted by atomic mass is 9.95. The van der Waals surface area contributed by atoms with E-state index in [1.54, 1.807) is 24.3 Å². The van der Waals surface area contributed by atoms with Gasteiger partial charge in [0.25, 0.3) is 5.91 Å². The molecule has 3 rings (SSSR count). The molecule has 1 aromatic carbocycles. The lowest BCUT2D eigenvalue weighted by molar-refractivity contribution is -0.140. The lowest BCUT2D eigenvalue weighted by Crippen LogP contribution is -2.41. The van der Waals surface area contributed by atoms with Gasteiger partial charge in [-0.1, -0.05) is 25.1 Å². The van der Waals surface area contributed by atoms with Crippen LogP contribution in [-0.2, 0) is 16.0 Å². The van der Waals surface area contributed by atoms with Crippen molar-refractivity contribution in [3.63, 3.8) is 0 Å². The number of rotatable bonds is 8. The molecule has 32 heavy (non-hydrogen) atoms. The number of allylic oxidation sites excluding steroid dienone is 2. The Labute approximate surface area is 184 Å². The number of nitrogens with zero attached hydrogens (tertiary/aromatic N) is 2. The Hall–Kier alpha value is -3.95. The lowest BCUT2D eigenvalue weighted by Gasteiger charge is -2.14. The molecule has 1 aromatic heterocycles. The average Bonchev–Trinajstić information content (AvgIpc) is 3.13. The van der Waals surface area contributed by atoms with E-state index in [2.05, 4.69) is 21.4 Å². The molecule has 10 heteroatoms. The monoisotopic (exact) mass is 439 g/mol. The summed E-state index contributed by atoms with van der Waals surface area (Å²) in [7, 11) is 0. The van der Waals surface area contributed by atoms with E-state index in [0.717, 1.165) is 35.2 Å². The van der Waals surface area contributed by atoms with Crippen LogP contribution in [0.3, 0.4) is 0 Å². The van der Waals surface area contributed by atoms with Crippen molar-refractivity contribution in [1.29, 1.82) is 0 Å². The van der Waals surface area contributed by atoms with Crippen LogP contribution in [0.25, 0.3) is 5.57 Å². The molecule has 1 aliphatic carbocycles. The van der Waals surface area contributed by atoms with Crippen molar-refractivity contribution >= 4 is 35.2 Å². The number of aromatic nitrogens is 2. The SMILES string of the molecule is CC(C=C1CCc2nc(N)nc(N)c21)c1ccc(C(=O)N[C@@H](CCC(=O)O)C(=O)O)cc1. The fourth-order valence-electron chi connectivity index (χ4n) is 3.72. The molecule has 0 radical (unpaired) electrons. The maximum absolute atomic E-state index is 12.4. The first-order valence-corrected chi connectivity index (χ1v) is 10.1. The van der Waals surface area contributed by atoms with Gasteiger partial charge in [-0.2, -0.15) is 4.98 Å². The molecular formula is C22H25N5O5. The number of hydrogen-bond donors (Lipinski definition) is 5. The van der Waals surface area contributed by atoms with Crippen LogP contribution in [0, 0.1) is 0 Å². The molecule has 1 amide bonds. The number of aliphatic carboxylic acids is 2. The molecule has 0 aliphatic heterocycles. The normalized spacial score (nSPS) is 15.7. The summed E-state index contributed by atoms with van der Waals surface area (Å²) in [6.07, 6.45) is 3.07. The Bertz CT molecular complexity index is 1080. The summed E-state index contributed by atoms with van der Waals surface area (Å²) in [6, 6.07) is 5.53. The van der Waals surface area contributed by atoms with Crippen molar-refractivity contribution in [2.45, 2.75) is 44.6 Å². The Morgan fingerprint density at radius 1 is 1.12 bits per heavy atom. The van der Waals surface area contributed by atoms with Crippen molar-refractivity contribution in [2.24, 2.45) is 0 Å². The Morgan fingerprint density at radius 2 is 1.81 bits per heavy atom. The van der Waals surface area contributed by atoms with Gasteiger partial charge in [0.05, 0.1) is 5.69 Å². The smallest absolute Gasteiger partial charge is 0.326 e. The number of anilines is 2. The van der Waals surface area contributed by atoms with E-state index >= 15 is 0 Å². The van der Waals surface area contributed by atoms with Gasteiger partial charge in [-0.05, 0) is 48.4 Å². The Morgan fingerprint density at radius 3 is 2.44 bits per heavy atom. The second-order valence-electron chi connectivity index (χ2n) is 7.69.